The van der Waals surface area contributed by atoms with E-state index in [4.69, 9.17) is 4.42 Å². The third-order valence-electron chi connectivity index (χ3n) is 3.57. The summed E-state index contributed by atoms with van der Waals surface area (Å²) in [6, 6.07) is 9.85. The highest BCUT2D eigenvalue weighted by molar-refractivity contribution is 7.09. The highest BCUT2D eigenvalue weighted by Gasteiger charge is 2.07. The molecule has 0 amide bonds. The first-order chi connectivity index (χ1) is 12.2. The molecule has 0 spiro atoms. The Morgan fingerprint density at radius 1 is 1.16 bits per heavy atom. The molecule has 0 saturated heterocycles. The van der Waals surface area contributed by atoms with Crippen molar-refractivity contribution < 1.29 is 4.42 Å². The van der Waals surface area contributed by atoms with Gasteiger partial charge < -0.3 is 15.1 Å². The lowest BCUT2D eigenvalue weighted by atomic mass is 10.2. The van der Waals surface area contributed by atoms with Crippen molar-refractivity contribution in [3.8, 4) is 11.5 Å². The molecular weight excluding hydrogens is 334 g/mol. The highest BCUT2D eigenvalue weighted by Crippen LogP contribution is 2.17. The van der Waals surface area contributed by atoms with Gasteiger partial charge in [-0.1, -0.05) is 18.2 Å². The van der Waals surface area contributed by atoms with Crippen LogP contribution in [0.1, 0.15) is 16.4 Å². The molecule has 0 aliphatic carbocycles. The van der Waals surface area contributed by atoms with Crippen molar-refractivity contribution in [1.29, 1.82) is 0 Å². The molecule has 2 aromatic heterocycles. The van der Waals surface area contributed by atoms with Gasteiger partial charge in [-0.25, -0.2) is 9.97 Å². The first kappa shape index (κ1) is 17.2. The van der Waals surface area contributed by atoms with E-state index in [0.29, 0.717) is 12.4 Å². The van der Waals surface area contributed by atoms with E-state index in [-0.39, 0.29) is 0 Å². The number of nitrogens with zero attached hydrogens (tertiary/aromatic N) is 3. The van der Waals surface area contributed by atoms with E-state index in [1.54, 1.807) is 24.6 Å². The van der Waals surface area contributed by atoms with E-state index in [1.165, 1.54) is 0 Å². The third-order valence-corrected chi connectivity index (χ3v) is 4.40. The molecule has 0 radical (unpaired) electrons. The minimum Gasteiger partial charge on any atom is -0.444 e. The minimum atomic E-state index is 0.547. The Bertz CT molecular complexity index is 825. The molecule has 25 heavy (non-hydrogen) atoms. The second kappa shape index (κ2) is 8.43. The van der Waals surface area contributed by atoms with Crippen LogP contribution in [0.3, 0.4) is 0 Å². The number of thiazole rings is 1. The maximum absolute atomic E-state index is 5.54. The molecule has 0 saturated carbocycles. The van der Waals surface area contributed by atoms with Crippen LogP contribution < -0.4 is 10.6 Å². The predicted octanol–water partition coefficient (Wildman–Crippen LogP) is 3.01. The fourth-order valence-electron chi connectivity index (χ4n) is 2.33. The van der Waals surface area contributed by atoms with Crippen molar-refractivity contribution >= 4 is 17.3 Å². The third kappa shape index (κ3) is 4.90. The summed E-state index contributed by atoms with van der Waals surface area (Å²) in [4.78, 5) is 13.2. The van der Waals surface area contributed by atoms with Gasteiger partial charge in [-0.05, 0) is 19.1 Å². The lowest BCUT2D eigenvalue weighted by molar-refractivity contribution is 0.572. The molecule has 0 aliphatic heterocycles. The smallest absolute Gasteiger partial charge is 0.226 e. The van der Waals surface area contributed by atoms with Gasteiger partial charge >= 0.3 is 0 Å². The SMILES string of the molecule is CN=C(NCCc1csc(C)n1)NCc1coc(-c2ccccc2)n1. The van der Waals surface area contributed by atoms with Crippen molar-refractivity contribution in [2.45, 2.75) is 19.9 Å². The Hall–Kier alpha value is -2.67. The van der Waals surface area contributed by atoms with Gasteiger partial charge in [-0.2, -0.15) is 0 Å². The van der Waals surface area contributed by atoms with Crippen LogP contribution >= 0.6 is 11.3 Å². The van der Waals surface area contributed by atoms with Gasteiger partial charge in [0, 0.05) is 31.0 Å². The maximum atomic E-state index is 5.54. The molecule has 7 heteroatoms. The average Bonchev–Trinajstić information content (AvgIpc) is 3.28. The zero-order valence-corrected chi connectivity index (χ0v) is 15.1. The molecule has 2 heterocycles. The number of rotatable bonds is 6. The van der Waals surface area contributed by atoms with E-state index in [0.717, 1.165) is 40.9 Å². The summed E-state index contributed by atoms with van der Waals surface area (Å²) in [5.74, 6) is 1.36. The van der Waals surface area contributed by atoms with Gasteiger partial charge in [-0.3, -0.25) is 4.99 Å². The summed E-state index contributed by atoms with van der Waals surface area (Å²) in [5, 5.41) is 9.71. The number of nitrogens with one attached hydrogen (secondary N) is 2. The van der Waals surface area contributed by atoms with Crippen LogP contribution in [0.4, 0.5) is 0 Å². The first-order valence-electron chi connectivity index (χ1n) is 8.10. The standard InChI is InChI=1S/C18H21N5OS/c1-13-22-15(12-25-13)8-9-20-18(19-2)21-10-16-11-24-17(23-16)14-6-4-3-5-7-14/h3-7,11-12H,8-10H2,1-2H3,(H2,19,20,21). The summed E-state index contributed by atoms with van der Waals surface area (Å²) in [7, 11) is 1.75. The second-order valence-corrected chi connectivity index (χ2v) is 6.53. The Labute approximate surface area is 151 Å². The summed E-state index contributed by atoms with van der Waals surface area (Å²) in [6.07, 6.45) is 2.54. The van der Waals surface area contributed by atoms with Crippen LogP contribution in [0.5, 0.6) is 0 Å². The van der Waals surface area contributed by atoms with E-state index >= 15 is 0 Å². The number of aromatic nitrogens is 2. The highest BCUT2D eigenvalue weighted by atomic mass is 32.1. The van der Waals surface area contributed by atoms with Crippen LogP contribution in [-0.2, 0) is 13.0 Å². The zero-order chi connectivity index (χ0) is 17.5. The molecule has 0 unspecified atom stereocenters. The van der Waals surface area contributed by atoms with Crippen LogP contribution in [0.15, 0.2) is 51.4 Å². The number of hydrogen-bond donors (Lipinski definition) is 2. The zero-order valence-electron chi connectivity index (χ0n) is 14.3. The van der Waals surface area contributed by atoms with Gasteiger partial charge in [0.15, 0.2) is 5.96 Å². The number of aliphatic imine (C=N–C) groups is 1. The molecule has 2 N–H and O–H groups in total. The van der Waals surface area contributed by atoms with E-state index < -0.39 is 0 Å². The maximum Gasteiger partial charge on any atom is 0.226 e. The molecule has 0 fully saturated rings. The summed E-state index contributed by atoms with van der Waals surface area (Å²) < 4.78 is 5.54. The number of hydrogen-bond acceptors (Lipinski definition) is 5. The van der Waals surface area contributed by atoms with Gasteiger partial charge in [0.2, 0.25) is 5.89 Å². The van der Waals surface area contributed by atoms with E-state index in [2.05, 4.69) is 31.0 Å². The van der Waals surface area contributed by atoms with Gasteiger partial charge in [-0.15, -0.1) is 11.3 Å². The summed E-state index contributed by atoms with van der Waals surface area (Å²) in [5.41, 5.74) is 2.90. The summed E-state index contributed by atoms with van der Waals surface area (Å²) in [6.45, 7) is 3.34. The lowest BCUT2D eigenvalue weighted by Crippen LogP contribution is -2.37. The van der Waals surface area contributed by atoms with Gasteiger partial charge in [0.25, 0.3) is 0 Å². The topological polar surface area (TPSA) is 75.3 Å². The Balaban J connectivity index is 1.47. The van der Waals surface area contributed by atoms with Crippen molar-refractivity contribution in [2.75, 3.05) is 13.6 Å². The van der Waals surface area contributed by atoms with Crippen molar-refractivity contribution in [3.63, 3.8) is 0 Å². The normalized spacial score (nSPS) is 11.5. The Morgan fingerprint density at radius 2 is 2.00 bits per heavy atom. The summed E-state index contributed by atoms with van der Waals surface area (Å²) >= 11 is 1.67. The number of aryl methyl sites for hydroxylation is 1. The lowest BCUT2D eigenvalue weighted by Gasteiger charge is -2.10. The van der Waals surface area contributed by atoms with Crippen molar-refractivity contribution in [2.24, 2.45) is 4.99 Å². The van der Waals surface area contributed by atoms with Crippen molar-refractivity contribution in [1.82, 2.24) is 20.6 Å². The Kier molecular flexibility index (Phi) is 5.79. The van der Waals surface area contributed by atoms with E-state index in [1.807, 2.05) is 37.3 Å². The first-order valence-corrected chi connectivity index (χ1v) is 8.98. The molecule has 3 aromatic rings. The fourth-order valence-corrected chi connectivity index (χ4v) is 2.98. The molecule has 0 aliphatic rings. The van der Waals surface area contributed by atoms with Crippen LogP contribution in [-0.4, -0.2) is 29.5 Å². The molecule has 6 nitrogen and oxygen atoms in total. The van der Waals surface area contributed by atoms with Gasteiger partial charge in [0.05, 0.1) is 22.9 Å². The predicted molar refractivity (Wildman–Crippen MR) is 101 cm³/mol. The fraction of sp³-hybridized carbons (Fsp3) is 0.278. The second-order valence-electron chi connectivity index (χ2n) is 5.47. The van der Waals surface area contributed by atoms with Crippen LogP contribution in [0.2, 0.25) is 0 Å². The number of benzene rings is 1. The van der Waals surface area contributed by atoms with Crippen LogP contribution in [0, 0.1) is 6.92 Å². The van der Waals surface area contributed by atoms with E-state index in [9.17, 15) is 0 Å². The van der Waals surface area contributed by atoms with Gasteiger partial charge in [0.1, 0.15) is 6.26 Å². The Morgan fingerprint density at radius 3 is 2.72 bits per heavy atom. The quantitative estimate of drug-likeness (QED) is 0.525. The molecule has 3 rings (SSSR count). The average molecular weight is 355 g/mol. The molecule has 0 bridgehead atoms. The molecular formula is C18H21N5OS. The number of oxazole rings is 1. The molecule has 0 atom stereocenters. The molecule has 130 valence electrons. The minimum absolute atomic E-state index is 0.547. The monoisotopic (exact) mass is 355 g/mol. The number of guanidine groups is 1. The van der Waals surface area contributed by atoms with Crippen molar-refractivity contribution in [3.05, 3.63) is 58.4 Å². The molecule has 1 aromatic carbocycles. The van der Waals surface area contributed by atoms with Crippen LogP contribution in [0.25, 0.3) is 11.5 Å². The largest absolute Gasteiger partial charge is 0.444 e.